The normalized spacial score (nSPS) is 9.91. The van der Waals surface area contributed by atoms with Crippen molar-refractivity contribution in [2.75, 3.05) is 11.3 Å². The third kappa shape index (κ3) is 2.09. The Balaban J connectivity index is 2.91. The summed E-state index contributed by atoms with van der Waals surface area (Å²) in [4.78, 5) is 0. The molecule has 0 aliphatic heterocycles. The highest BCUT2D eigenvalue weighted by atomic mass is 28.2. The molecule has 0 spiro atoms. The number of benzene rings is 1. The Kier molecular flexibility index (Phi) is 2.72. The van der Waals surface area contributed by atoms with Crippen LogP contribution in [0.1, 0.15) is 0 Å². The molecule has 0 saturated carbocycles. The molecule has 0 aromatic heterocycles. The van der Waals surface area contributed by atoms with Crippen LogP contribution in [0.3, 0.4) is 0 Å². The van der Waals surface area contributed by atoms with Gasteiger partial charge in [-0.15, -0.1) is 0 Å². The molecule has 4 heteroatoms. The highest BCUT2D eigenvalue weighted by Gasteiger charge is 1.94. The molecule has 2 nitrogen and oxygen atoms in total. The zero-order chi connectivity index (χ0) is 8.27. The maximum absolute atomic E-state index is 5.11. The molecule has 0 fully saturated rings. The molecule has 11 heavy (non-hydrogen) atoms. The van der Waals surface area contributed by atoms with E-state index < -0.39 is 0 Å². The van der Waals surface area contributed by atoms with Gasteiger partial charge in [-0.3, -0.25) is 0 Å². The Hall–Kier alpha value is -0.746. The first-order valence-corrected chi connectivity index (χ1v) is 5.34. The second-order valence-corrected chi connectivity index (χ2v) is 7.07. The third-order valence-electron chi connectivity index (χ3n) is 1.57. The second kappa shape index (κ2) is 3.59. The Morgan fingerprint density at radius 3 is 2.64 bits per heavy atom. The van der Waals surface area contributed by atoms with Crippen molar-refractivity contribution < 1.29 is 4.74 Å². The first kappa shape index (κ1) is 8.35. The molecule has 0 saturated heterocycles. The number of rotatable bonds is 2. The van der Waals surface area contributed by atoms with Crippen LogP contribution in [0.2, 0.25) is 0 Å². The number of nitrogens with zero attached hydrogens (tertiary/aromatic N) is 1. The van der Waals surface area contributed by atoms with E-state index in [0.717, 1.165) is 26.6 Å². The summed E-state index contributed by atoms with van der Waals surface area (Å²) in [5.74, 6) is 0.944. The quantitative estimate of drug-likeness (QED) is 0.549. The molecule has 0 aliphatic rings. The van der Waals surface area contributed by atoms with Crippen LogP contribution in [0.15, 0.2) is 24.3 Å². The molecular weight excluding hydrogens is 170 g/mol. The van der Waals surface area contributed by atoms with Gasteiger partial charge in [-0.05, 0) is 12.1 Å². The average molecular weight is 183 g/mol. The van der Waals surface area contributed by atoms with Crippen molar-refractivity contribution >= 4 is 26.5 Å². The van der Waals surface area contributed by atoms with Crippen LogP contribution in [-0.2, 0) is 0 Å². The fourth-order valence-electron chi connectivity index (χ4n) is 0.889. The molecule has 0 radical (unpaired) electrons. The van der Waals surface area contributed by atoms with Gasteiger partial charge in [0.2, 0.25) is 0 Å². The van der Waals surface area contributed by atoms with Gasteiger partial charge in [0.1, 0.15) is 5.75 Å². The summed E-state index contributed by atoms with van der Waals surface area (Å²) in [7, 11) is 3.89. The minimum atomic E-state index is 0.944. The Morgan fingerprint density at radius 2 is 2.09 bits per heavy atom. The van der Waals surface area contributed by atoms with E-state index in [1.807, 2.05) is 12.1 Å². The lowest BCUT2D eigenvalue weighted by Gasteiger charge is -2.13. The topological polar surface area (TPSA) is 12.5 Å². The standard InChI is InChI=1S/C7H13NOSi2/c1-9-7-4-2-3-6(5-7)8(10)11/h2-5H,1,10-11H3. The van der Waals surface area contributed by atoms with Gasteiger partial charge in [0.25, 0.3) is 0 Å². The lowest BCUT2D eigenvalue weighted by Crippen LogP contribution is -2.13. The predicted molar refractivity (Wildman–Crippen MR) is 55.4 cm³/mol. The average Bonchev–Trinajstić information content (AvgIpc) is 2.05. The van der Waals surface area contributed by atoms with Gasteiger partial charge in [-0.25, -0.2) is 0 Å². The van der Waals surface area contributed by atoms with Gasteiger partial charge in [0, 0.05) is 11.8 Å². The van der Waals surface area contributed by atoms with Crippen molar-refractivity contribution in [2.45, 2.75) is 0 Å². The SMILES string of the molecule is COc1cccc(N([SiH3])[SiH3])c1. The van der Waals surface area contributed by atoms with Gasteiger partial charge in [0.05, 0.1) is 27.9 Å². The van der Waals surface area contributed by atoms with Crippen LogP contribution in [0.25, 0.3) is 0 Å². The first-order chi connectivity index (χ1) is 5.24. The molecule has 1 aromatic rings. The van der Waals surface area contributed by atoms with Crippen LogP contribution in [-0.4, -0.2) is 27.9 Å². The van der Waals surface area contributed by atoms with Gasteiger partial charge >= 0.3 is 0 Å². The van der Waals surface area contributed by atoms with Gasteiger partial charge in [-0.2, -0.15) is 0 Å². The molecule has 1 rings (SSSR count). The number of methoxy groups -OCH3 is 1. The van der Waals surface area contributed by atoms with Crippen molar-refractivity contribution in [3.8, 4) is 5.75 Å². The summed E-state index contributed by atoms with van der Waals surface area (Å²) in [6.45, 7) is 0. The molecule has 0 unspecified atom stereocenters. The minimum Gasteiger partial charge on any atom is -0.497 e. The van der Waals surface area contributed by atoms with Crippen molar-refractivity contribution in [1.82, 2.24) is 0 Å². The Bertz CT molecular complexity index is 240. The highest BCUT2D eigenvalue weighted by Crippen LogP contribution is 2.17. The molecule has 0 bridgehead atoms. The van der Waals surface area contributed by atoms with Gasteiger partial charge < -0.3 is 8.97 Å². The molecule has 0 heterocycles. The van der Waals surface area contributed by atoms with E-state index in [1.165, 1.54) is 5.69 Å². The zero-order valence-corrected chi connectivity index (χ0v) is 11.2. The molecule has 60 valence electrons. The van der Waals surface area contributed by atoms with Crippen LogP contribution in [0.5, 0.6) is 5.75 Å². The lowest BCUT2D eigenvalue weighted by atomic mass is 10.3. The minimum absolute atomic E-state index is 0.944. The molecule has 0 aliphatic carbocycles. The van der Waals surface area contributed by atoms with Crippen molar-refractivity contribution in [2.24, 2.45) is 0 Å². The summed E-state index contributed by atoms with van der Waals surface area (Å²) in [5.41, 5.74) is 1.28. The number of hydrogen-bond donors (Lipinski definition) is 0. The largest absolute Gasteiger partial charge is 0.497 e. The smallest absolute Gasteiger partial charge is 0.120 e. The van der Waals surface area contributed by atoms with E-state index in [2.05, 4.69) is 16.4 Å². The van der Waals surface area contributed by atoms with Gasteiger partial charge in [0.15, 0.2) is 0 Å². The molecule has 0 atom stereocenters. The molecular formula is C7H13NOSi2. The highest BCUT2D eigenvalue weighted by molar-refractivity contribution is 6.41. The maximum Gasteiger partial charge on any atom is 0.120 e. The van der Waals surface area contributed by atoms with Crippen LogP contribution in [0.4, 0.5) is 5.69 Å². The fraction of sp³-hybridized carbons (Fsp3) is 0.143. The zero-order valence-electron chi connectivity index (χ0n) is 7.16. The molecule has 1 aromatic carbocycles. The number of hydrogen-bond acceptors (Lipinski definition) is 2. The van der Waals surface area contributed by atoms with Crippen molar-refractivity contribution in [3.63, 3.8) is 0 Å². The van der Waals surface area contributed by atoms with E-state index in [1.54, 1.807) is 7.11 Å². The van der Waals surface area contributed by atoms with Crippen LogP contribution < -0.4 is 8.97 Å². The number of anilines is 1. The Labute approximate surface area is 73.2 Å². The van der Waals surface area contributed by atoms with E-state index >= 15 is 0 Å². The summed E-state index contributed by atoms with van der Waals surface area (Å²) in [5, 5.41) is 0. The van der Waals surface area contributed by atoms with Gasteiger partial charge in [-0.1, -0.05) is 6.07 Å². The summed E-state index contributed by atoms with van der Waals surface area (Å²) >= 11 is 0. The summed E-state index contributed by atoms with van der Waals surface area (Å²) < 4.78 is 7.43. The van der Waals surface area contributed by atoms with E-state index in [4.69, 9.17) is 4.74 Å². The van der Waals surface area contributed by atoms with E-state index in [0.29, 0.717) is 0 Å². The Morgan fingerprint density at radius 1 is 1.36 bits per heavy atom. The summed E-state index contributed by atoms with van der Waals surface area (Å²) in [6.07, 6.45) is 0. The van der Waals surface area contributed by atoms with Crippen molar-refractivity contribution in [3.05, 3.63) is 24.3 Å². The second-order valence-electron chi connectivity index (χ2n) is 2.60. The molecule has 0 amide bonds. The lowest BCUT2D eigenvalue weighted by molar-refractivity contribution is 0.415. The van der Waals surface area contributed by atoms with Crippen molar-refractivity contribution in [1.29, 1.82) is 0 Å². The van der Waals surface area contributed by atoms with E-state index in [9.17, 15) is 0 Å². The van der Waals surface area contributed by atoms with Crippen LogP contribution in [0, 0.1) is 0 Å². The third-order valence-corrected chi connectivity index (χ3v) is 2.60. The maximum atomic E-state index is 5.11. The first-order valence-electron chi connectivity index (χ1n) is 3.55. The summed E-state index contributed by atoms with van der Waals surface area (Å²) in [6, 6.07) is 8.18. The number of ether oxygens (including phenoxy) is 1. The van der Waals surface area contributed by atoms with E-state index in [-0.39, 0.29) is 0 Å². The predicted octanol–water partition coefficient (Wildman–Crippen LogP) is -0.938. The molecule has 0 N–H and O–H groups in total. The fourth-order valence-corrected chi connectivity index (χ4v) is 1.44. The monoisotopic (exact) mass is 183 g/mol. The van der Waals surface area contributed by atoms with Crippen LogP contribution >= 0.6 is 0 Å².